The van der Waals surface area contributed by atoms with E-state index in [9.17, 15) is 8.42 Å². The van der Waals surface area contributed by atoms with Crippen LogP contribution in [0.3, 0.4) is 0 Å². The van der Waals surface area contributed by atoms with Gasteiger partial charge in [0, 0.05) is 17.0 Å². The molecule has 2 aromatic heterocycles. The molecule has 1 N–H and O–H groups in total. The molecule has 7 heteroatoms. The smallest absolute Gasteiger partial charge is 0.264 e. The monoisotopic (exact) mass is 329 g/mol. The molecule has 2 heterocycles. The highest BCUT2D eigenvalue weighted by Crippen LogP contribution is 2.22. The number of aromatic nitrogens is 2. The standard InChI is InChI=1S/C16H15N3O3S/c1-11-10-12(2)18-16(17-11)19-23(20,21)14-7-5-13(6-8-14)15-4-3-9-22-15/h3-10H,1-2H3,(H,17,18,19). The molecule has 3 rings (SSSR count). The van der Waals surface area contributed by atoms with Crippen molar-refractivity contribution in [3.63, 3.8) is 0 Å². The molecule has 0 saturated heterocycles. The molecule has 23 heavy (non-hydrogen) atoms. The SMILES string of the molecule is Cc1cc(C)nc(NS(=O)(=O)c2ccc(-c3ccco3)cc2)n1. The molecule has 1 aromatic carbocycles. The quantitative estimate of drug-likeness (QED) is 0.794. The maximum absolute atomic E-state index is 12.4. The number of furan rings is 1. The molecule has 0 fully saturated rings. The van der Waals surface area contributed by atoms with E-state index in [1.807, 2.05) is 6.07 Å². The van der Waals surface area contributed by atoms with Crippen LogP contribution in [-0.4, -0.2) is 18.4 Å². The maximum Gasteiger partial charge on any atom is 0.264 e. The van der Waals surface area contributed by atoms with E-state index in [-0.39, 0.29) is 10.8 Å². The van der Waals surface area contributed by atoms with Crippen LogP contribution in [0.5, 0.6) is 0 Å². The van der Waals surface area contributed by atoms with Crippen LogP contribution < -0.4 is 4.72 Å². The zero-order chi connectivity index (χ0) is 16.4. The Hall–Kier alpha value is -2.67. The molecular weight excluding hydrogens is 314 g/mol. The first kappa shape index (κ1) is 15.2. The van der Waals surface area contributed by atoms with Crippen molar-refractivity contribution >= 4 is 16.0 Å². The summed E-state index contributed by atoms with van der Waals surface area (Å²) in [5.74, 6) is 0.747. The number of sulfonamides is 1. The largest absolute Gasteiger partial charge is 0.464 e. The number of rotatable bonds is 4. The highest BCUT2D eigenvalue weighted by Gasteiger charge is 2.16. The summed E-state index contributed by atoms with van der Waals surface area (Å²) in [4.78, 5) is 8.31. The predicted molar refractivity (Wildman–Crippen MR) is 86.5 cm³/mol. The molecular formula is C16H15N3O3S. The second kappa shape index (κ2) is 5.85. The lowest BCUT2D eigenvalue weighted by molar-refractivity contribution is 0.582. The fourth-order valence-corrected chi connectivity index (χ4v) is 3.14. The lowest BCUT2D eigenvalue weighted by atomic mass is 10.2. The van der Waals surface area contributed by atoms with Crippen LogP contribution in [0, 0.1) is 13.8 Å². The van der Waals surface area contributed by atoms with Crippen LogP contribution in [0.15, 0.2) is 58.0 Å². The summed E-state index contributed by atoms with van der Waals surface area (Å²) in [5.41, 5.74) is 2.20. The van der Waals surface area contributed by atoms with Crippen molar-refractivity contribution in [3.05, 3.63) is 60.1 Å². The van der Waals surface area contributed by atoms with E-state index in [0.717, 1.165) is 5.56 Å². The van der Waals surface area contributed by atoms with Crippen LogP contribution in [0.4, 0.5) is 5.95 Å². The number of hydrogen-bond acceptors (Lipinski definition) is 5. The van der Waals surface area contributed by atoms with Crippen LogP contribution >= 0.6 is 0 Å². The zero-order valence-electron chi connectivity index (χ0n) is 12.6. The Morgan fingerprint density at radius 1 is 1.00 bits per heavy atom. The van der Waals surface area contributed by atoms with E-state index in [4.69, 9.17) is 4.42 Å². The summed E-state index contributed by atoms with van der Waals surface area (Å²) in [6.45, 7) is 3.56. The number of anilines is 1. The fraction of sp³-hybridized carbons (Fsp3) is 0.125. The van der Waals surface area contributed by atoms with Crippen LogP contribution in [-0.2, 0) is 10.0 Å². The van der Waals surface area contributed by atoms with Crippen LogP contribution in [0.2, 0.25) is 0 Å². The number of nitrogens with one attached hydrogen (secondary N) is 1. The van der Waals surface area contributed by atoms with Gasteiger partial charge in [0.05, 0.1) is 11.2 Å². The number of aryl methyl sites for hydroxylation is 2. The minimum Gasteiger partial charge on any atom is -0.464 e. The van der Waals surface area contributed by atoms with Gasteiger partial charge >= 0.3 is 0 Å². The Kier molecular flexibility index (Phi) is 3.87. The van der Waals surface area contributed by atoms with Gasteiger partial charge in [-0.15, -0.1) is 0 Å². The first-order chi connectivity index (χ1) is 10.9. The Morgan fingerprint density at radius 2 is 1.65 bits per heavy atom. The number of benzene rings is 1. The van der Waals surface area contributed by atoms with Gasteiger partial charge in [0.1, 0.15) is 5.76 Å². The first-order valence-electron chi connectivity index (χ1n) is 6.93. The zero-order valence-corrected chi connectivity index (χ0v) is 13.5. The summed E-state index contributed by atoms with van der Waals surface area (Å²) in [6.07, 6.45) is 1.57. The maximum atomic E-state index is 12.4. The van der Waals surface area contributed by atoms with Crippen molar-refractivity contribution in [2.45, 2.75) is 18.7 Å². The van der Waals surface area contributed by atoms with Crippen molar-refractivity contribution < 1.29 is 12.8 Å². The highest BCUT2D eigenvalue weighted by atomic mass is 32.2. The Labute approximate surface area is 134 Å². The molecule has 3 aromatic rings. The van der Waals surface area contributed by atoms with Gasteiger partial charge in [-0.05, 0) is 56.3 Å². The topological polar surface area (TPSA) is 85.1 Å². The van der Waals surface area contributed by atoms with Crippen molar-refractivity contribution in [3.8, 4) is 11.3 Å². The van der Waals surface area contributed by atoms with E-state index >= 15 is 0 Å². The molecule has 0 bridgehead atoms. The van der Waals surface area contributed by atoms with Crippen molar-refractivity contribution in [1.29, 1.82) is 0 Å². The fourth-order valence-electron chi connectivity index (χ4n) is 2.19. The third kappa shape index (κ3) is 3.40. The van der Waals surface area contributed by atoms with E-state index in [1.165, 1.54) is 12.1 Å². The average molecular weight is 329 g/mol. The summed E-state index contributed by atoms with van der Waals surface area (Å²) < 4.78 is 32.5. The third-order valence-electron chi connectivity index (χ3n) is 3.18. The van der Waals surface area contributed by atoms with Crippen molar-refractivity contribution in [2.75, 3.05) is 4.72 Å². The third-order valence-corrected chi connectivity index (χ3v) is 4.52. The first-order valence-corrected chi connectivity index (χ1v) is 8.41. The molecule has 0 unspecified atom stereocenters. The van der Waals surface area contributed by atoms with E-state index in [1.54, 1.807) is 44.4 Å². The van der Waals surface area contributed by atoms with E-state index in [2.05, 4.69) is 14.7 Å². The van der Waals surface area contributed by atoms with E-state index in [0.29, 0.717) is 17.1 Å². The minimum atomic E-state index is -3.74. The molecule has 0 spiro atoms. The van der Waals surface area contributed by atoms with Crippen molar-refractivity contribution in [2.24, 2.45) is 0 Å². The normalized spacial score (nSPS) is 11.4. The van der Waals surface area contributed by atoms with Gasteiger partial charge in [-0.2, -0.15) is 0 Å². The second-order valence-corrected chi connectivity index (χ2v) is 6.76. The molecule has 0 aliphatic rings. The van der Waals surface area contributed by atoms with Gasteiger partial charge in [-0.25, -0.2) is 23.1 Å². The summed E-state index contributed by atoms with van der Waals surface area (Å²) in [7, 11) is -3.74. The van der Waals surface area contributed by atoms with Gasteiger partial charge in [0.15, 0.2) is 0 Å². The van der Waals surface area contributed by atoms with Gasteiger partial charge in [-0.1, -0.05) is 0 Å². The highest BCUT2D eigenvalue weighted by molar-refractivity contribution is 7.92. The number of nitrogens with zero attached hydrogens (tertiary/aromatic N) is 2. The molecule has 6 nitrogen and oxygen atoms in total. The van der Waals surface area contributed by atoms with Crippen molar-refractivity contribution in [1.82, 2.24) is 9.97 Å². The average Bonchev–Trinajstić information content (AvgIpc) is 3.00. The van der Waals surface area contributed by atoms with Gasteiger partial charge < -0.3 is 4.42 Å². The minimum absolute atomic E-state index is 0.0672. The lowest BCUT2D eigenvalue weighted by Gasteiger charge is -2.08. The molecule has 0 aliphatic carbocycles. The van der Waals surface area contributed by atoms with Crippen LogP contribution in [0.1, 0.15) is 11.4 Å². The van der Waals surface area contributed by atoms with Gasteiger partial charge in [0.2, 0.25) is 5.95 Å². The predicted octanol–water partition coefficient (Wildman–Crippen LogP) is 3.15. The summed E-state index contributed by atoms with van der Waals surface area (Å²) in [5, 5.41) is 0. The molecule has 0 aliphatic heterocycles. The summed E-state index contributed by atoms with van der Waals surface area (Å²) in [6, 6.07) is 11.8. The molecule has 118 valence electrons. The molecule has 0 radical (unpaired) electrons. The number of hydrogen-bond donors (Lipinski definition) is 1. The summed E-state index contributed by atoms with van der Waals surface area (Å²) >= 11 is 0. The molecule has 0 amide bonds. The Bertz CT molecular complexity index is 897. The molecule has 0 saturated carbocycles. The lowest BCUT2D eigenvalue weighted by Crippen LogP contribution is -2.15. The Balaban J connectivity index is 1.87. The van der Waals surface area contributed by atoms with Crippen LogP contribution in [0.25, 0.3) is 11.3 Å². The van der Waals surface area contributed by atoms with Gasteiger partial charge in [-0.3, -0.25) is 0 Å². The molecule has 0 atom stereocenters. The second-order valence-electron chi connectivity index (χ2n) is 5.08. The van der Waals surface area contributed by atoms with E-state index < -0.39 is 10.0 Å². The Morgan fingerprint density at radius 3 is 2.22 bits per heavy atom. The van der Waals surface area contributed by atoms with Gasteiger partial charge in [0.25, 0.3) is 10.0 Å².